The zero-order valence-corrected chi connectivity index (χ0v) is 15.8. The Balaban J connectivity index is 4.91. The van der Waals surface area contributed by atoms with Crippen LogP contribution in [0.25, 0.3) is 0 Å². The number of aliphatic carboxylic acids is 3. The maximum Gasteiger partial charge on any atom is 0.324 e. The average molecular weight is 426 g/mol. The SMILES string of the molecule is NC(CCC(=O)NC(CS)C(=O)N(CC(=O)O)SC[C@H](N)C(=O)O)C(=O)O. The zero-order chi connectivity index (χ0) is 21.1. The molecule has 0 spiro atoms. The highest BCUT2D eigenvalue weighted by atomic mass is 32.2. The van der Waals surface area contributed by atoms with Gasteiger partial charge in [-0.05, 0) is 18.4 Å². The molecule has 0 aromatic rings. The van der Waals surface area contributed by atoms with Gasteiger partial charge in [0.25, 0.3) is 5.91 Å². The molecule has 0 aliphatic rings. The molecule has 2 amide bonds. The van der Waals surface area contributed by atoms with Gasteiger partial charge in [-0.2, -0.15) is 12.6 Å². The summed E-state index contributed by atoms with van der Waals surface area (Å²) in [5.41, 5.74) is 10.6. The summed E-state index contributed by atoms with van der Waals surface area (Å²) in [7, 11) is 0. The maximum absolute atomic E-state index is 12.4. The monoisotopic (exact) mass is 426 g/mol. The molecule has 0 aliphatic heterocycles. The van der Waals surface area contributed by atoms with Gasteiger partial charge in [0, 0.05) is 17.9 Å². The highest BCUT2D eigenvalue weighted by molar-refractivity contribution is 7.97. The van der Waals surface area contributed by atoms with Gasteiger partial charge < -0.3 is 32.1 Å². The fourth-order valence-corrected chi connectivity index (χ4v) is 2.77. The van der Waals surface area contributed by atoms with E-state index in [9.17, 15) is 24.0 Å². The van der Waals surface area contributed by atoms with E-state index in [0.29, 0.717) is 11.9 Å². The predicted molar refractivity (Wildman–Crippen MR) is 98.0 cm³/mol. The molecule has 27 heavy (non-hydrogen) atoms. The molecule has 0 aliphatic carbocycles. The van der Waals surface area contributed by atoms with Crippen molar-refractivity contribution >= 4 is 54.3 Å². The number of carbonyl (C=O) groups is 5. The number of thiol groups is 1. The molecule has 0 aromatic carbocycles. The van der Waals surface area contributed by atoms with Crippen LogP contribution in [0.4, 0.5) is 0 Å². The van der Waals surface area contributed by atoms with Crippen LogP contribution in [0.3, 0.4) is 0 Å². The van der Waals surface area contributed by atoms with Gasteiger partial charge in [-0.15, -0.1) is 0 Å². The Labute approximate surface area is 164 Å². The number of nitrogens with one attached hydrogen (secondary N) is 1. The highest BCUT2D eigenvalue weighted by Crippen LogP contribution is 2.14. The van der Waals surface area contributed by atoms with E-state index in [2.05, 4.69) is 17.9 Å². The number of nitrogens with two attached hydrogens (primary N) is 2. The van der Waals surface area contributed by atoms with E-state index in [1.807, 2.05) is 0 Å². The molecule has 154 valence electrons. The van der Waals surface area contributed by atoms with Crippen LogP contribution in [-0.4, -0.2) is 85.5 Å². The van der Waals surface area contributed by atoms with Crippen LogP contribution in [0.1, 0.15) is 12.8 Å². The first-order valence-corrected chi connectivity index (χ1v) is 9.10. The summed E-state index contributed by atoms with van der Waals surface area (Å²) in [6.07, 6.45) is -0.420. The van der Waals surface area contributed by atoms with Crippen LogP contribution in [0, 0.1) is 0 Å². The van der Waals surface area contributed by atoms with E-state index in [4.69, 9.17) is 26.8 Å². The minimum absolute atomic E-state index is 0.157. The quantitative estimate of drug-likeness (QED) is 0.121. The smallest absolute Gasteiger partial charge is 0.324 e. The van der Waals surface area contributed by atoms with E-state index in [1.54, 1.807) is 0 Å². The van der Waals surface area contributed by atoms with Crippen molar-refractivity contribution in [2.24, 2.45) is 11.5 Å². The van der Waals surface area contributed by atoms with Crippen molar-refractivity contribution in [3.8, 4) is 0 Å². The van der Waals surface area contributed by atoms with Crippen molar-refractivity contribution in [3.05, 3.63) is 0 Å². The summed E-state index contributed by atoms with van der Waals surface area (Å²) >= 11 is 4.54. The fourth-order valence-electron chi connectivity index (χ4n) is 1.59. The predicted octanol–water partition coefficient (Wildman–Crippen LogP) is -2.43. The number of nitrogens with zero attached hydrogens (tertiary/aromatic N) is 1. The van der Waals surface area contributed by atoms with Crippen LogP contribution >= 0.6 is 24.6 Å². The molecule has 0 radical (unpaired) electrons. The van der Waals surface area contributed by atoms with E-state index < -0.39 is 54.4 Å². The molecule has 2 unspecified atom stereocenters. The van der Waals surface area contributed by atoms with Crippen molar-refractivity contribution in [2.75, 3.05) is 18.1 Å². The number of hydrogen-bond donors (Lipinski definition) is 7. The fraction of sp³-hybridized carbons (Fsp3) is 0.615. The van der Waals surface area contributed by atoms with Gasteiger partial charge in [-0.25, -0.2) is 0 Å². The minimum Gasteiger partial charge on any atom is -0.480 e. The number of hydrogen-bond acceptors (Lipinski definition) is 9. The van der Waals surface area contributed by atoms with E-state index >= 15 is 0 Å². The molecule has 3 atom stereocenters. The van der Waals surface area contributed by atoms with Crippen LogP contribution in [0.15, 0.2) is 0 Å². The Bertz CT molecular complexity index is 577. The van der Waals surface area contributed by atoms with Crippen molar-refractivity contribution in [1.82, 2.24) is 9.62 Å². The largest absolute Gasteiger partial charge is 0.480 e. The molecule has 0 saturated heterocycles. The van der Waals surface area contributed by atoms with Crippen molar-refractivity contribution in [1.29, 1.82) is 0 Å². The maximum atomic E-state index is 12.4. The molecular weight excluding hydrogens is 404 g/mol. The Kier molecular flexibility index (Phi) is 11.4. The molecule has 0 aromatic heterocycles. The first-order chi connectivity index (χ1) is 12.5. The summed E-state index contributed by atoms with van der Waals surface area (Å²) in [5, 5.41) is 28.7. The number of carboxylic acid groups (broad SMARTS) is 3. The standard InChI is InChI=1S/C13H22N4O8S2/c14-6(12(22)23)1-2-9(18)16-8(4-26)11(21)17(3-10(19)20)27-5-7(15)13(24)25/h6-8,26H,1-5,14-15H2,(H,16,18)(H,19,20)(H,22,23)(H,24,25)/t6?,7-,8?/m0/s1. The van der Waals surface area contributed by atoms with Gasteiger partial charge >= 0.3 is 17.9 Å². The van der Waals surface area contributed by atoms with Crippen molar-refractivity contribution in [2.45, 2.75) is 31.0 Å². The van der Waals surface area contributed by atoms with Crippen LogP contribution < -0.4 is 16.8 Å². The Morgan fingerprint density at radius 2 is 1.59 bits per heavy atom. The molecule has 8 N–H and O–H groups in total. The Hall–Kier alpha value is -2.03. The number of carbonyl (C=O) groups excluding carboxylic acids is 2. The second-order valence-electron chi connectivity index (χ2n) is 5.30. The number of amides is 2. The molecule has 14 heteroatoms. The third-order valence-corrected chi connectivity index (χ3v) is 4.56. The molecular formula is C13H22N4O8S2. The summed E-state index contributed by atoms with van der Waals surface area (Å²) in [6, 6.07) is -3.76. The number of rotatable bonds is 13. The molecule has 0 rings (SSSR count). The topological polar surface area (TPSA) is 213 Å². The Morgan fingerprint density at radius 1 is 1.04 bits per heavy atom. The third-order valence-electron chi connectivity index (χ3n) is 3.07. The molecule has 0 fully saturated rings. The molecule has 12 nitrogen and oxygen atoms in total. The van der Waals surface area contributed by atoms with Crippen LogP contribution in [0.5, 0.6) is 0 Å². The summed E-state index contributed by atoms with van der Waals surface area (Å²) < 4.78 is 0.773. The highest BCUT2D eigenvalue weighted by Gasteiger charge is 2.28. The Morgan fingerprint density at radius 3 is 2.04 bits per heavy atom. The lowest BCUT2D eigenvalue weighted by atomic mass is 10.1. The second-order valence-corrected chi connectivity index (χ2v) is 6.69. The third kappa shape index (κ3) is 10.0. The van der Waals surface area contributed by atoms with Gasteiger partial charge in [0.05, 0.1) is 0 Å². The van der Waals surface area contributed by atoms with Gasteiger partial charge in [-0.3, -0.25) is 28.3 Å². The molecule has 0 saturated carbocycles. The lowest BCUT2D eigenvalue weighted by Crippen LogP contribution is -2.49. The van der Waals surface area contributed by atoms with Gasteiger partial charge in [0.1, 0.15) is 24.7 Å². The van der Waals surface area contributed by atoms with E-state index in [-0.39, 0.29) is 24.3 Å². The van der Waals surface area contributed by atoms with E-state index in [1.165, 1.54) is 0 Å². The molecule has 0 heterocycles. The average Bonchev–Trinajstić information content (AvgIpc) is 2.59. The summed E-state index contributed by atoms with van der Waals surface area (Å²) in [5.74, 6) is -5.86. The van der Waals surface area contributed by atoms with Crippen molar-refractivity contribution in [3.63, 3.8) is 0 Å². The van der Waals surface area contributed by atoms with Gasteiger partial charge in [-0.1, -0.05) is 0 Å². The minimum atomic E-state index is -1.35. The van der Waals surface area contributed by atoms with Crippen LogP contribution in [-0.2, 0) is 24.0 Å². The zero-order valence-electron chi connectivity index (χ0n) is 14.1. The second kappa shape index (κ2) is 12.4. The normalized spacial score (nSPS) is 13.9. The summed E-state index contributed by atoms with van der Waals surface area (Å²) in [4.78, 5) is 56.6. The van der Waals surface area contributed by atoms with Crippen LogP contribution in [0.2, 0.25) is 0 Å². The number of carboxylic acids is 3. The molecule has 0 bridgehead atoms. The van der Waals surface area contributed by atoms with Gasteiger partial charge in [0.2, 0.25) is 5.91 Å². The summed E-state index contributed by atoms with van der Waals surface area (Å²) in [6.45, 7) is -0.750. The lowest BCUT2D eigenvalue weighted by molar-refractivity contribution is -0.141. The van der Waals surface area contributed by atoms with E-state index in [0.717, 1.165) is 4.31 Å². The van der Waals surface area contributed by atoms with Crippen molar-refractivity contribution < 1.29 is 39.3 Å². The first-order valence-electron chi connectivity index (χ1n) is 7.52. The van der Waals surface area contributed by atoms with Gasteiger partial charge in [0.15, 0.2) is 0 Å². The lowest BCUT2D eigenvalue weighted by Gasteiger charge is -2.25. The first kappa shape index (κ1) is 25.0.